The molecule has 1 aromatic carbocycles. The molecule has 2 aromatic heterocycles. The van der Waals surface area contributed by atoms with Gasteiger partial charge in [-0.1, -0.05) is 19.1 Å². The van der Waals surface area contributed by atoms with Crippen LogP contribution in [0, 0.1) is 5.82 Å². The van der Waals surface area contributed by atoms with Gasteiger partial charge in [0.25, 0.3) is 0 Å². The largest absolute Gasteiger partial charge is 0.365 e. The van der Waals surface area contributed by atoms with Crippen molar-refractivity contribution < 1.29 is 4.39 Å². The van der Waals surface area contributed by atoms with E-state index >= 15 is 0 Å². The minimum atomic E-state index is -0.218. The highest BCUT2D eigenvalue weighted by Gasteiger charge is 2.07. The van der Waals surface area contributed by atoms with Gasteiger partial charge in [0.15, 0.2) is 0 Å². The summed E-state index contributed by atoms with van der Waals surface area (Å²) in [6, 6.07) is 8.50. The molecular formula is C15H14FN3S. The van der Waals surface area contributed by atoms with E-state index in [-0.39, 0.29) is 5.82 Å². The third kappa shape index (κ3) is 2.63. The standard InChI is InChI=1S/C15H14FN3S/c1-2-13-18-14(12-7-8-20-15(12)19-13)17-9-10-3-5-11(16)6-4-10/h3-8H,2,9H2,1H3,(H,17,18,19). The Balaban J connectivity index is 1.86. The highest BCUT2D eigenvalue weighted by molar-refractivity contribution is 7.16. The summed E-state index contributed by atoms with van der Waals surface area (Å²) in [5, 5.41) is 6.37. The molecule has 0 amide bonds. The lowest BCUT2D eigenvalue weighted by Gasteiger charge is -2.08. The second-order valence-electron chi connectivity index (χ2n) is 4.46. The summed E-state index contributed by atoms with van der Waals surface area (Å²) < 4.78 is 12.9. The molecule has 1 N–H and O–H groups in total. The molecule has 0 aliphatic rings. The zero-order valence-corrected chi connectivity index (χ0v) is 11.9. The van der Waals surface area contributed by atoms with Crippen molar-refractivity contribution in [3.63, 3.8) is 0 Å². The Kier molecular flexibility index (Phi) is 3.60. The Morgan fingerprint density at radius 1 is 1.15 bits per heavy atom. The number of nitrogens with zero attached hydrogens (tertiary/aromatic N) is 2. The molecule has 0 aliphatic heterocycles. The molecule has 0 spiro atoms. The highest BCUT2D eigenvalue weighted by atomic mass is 32.1. The van der Waals surface area contributed by atoms with Crippen LogP contribution in [0.2, 0.25) is 0 Å². The average molecular weight is 287 g/mol. The number of aryl methyl sites for hydroxylation is 1. The molecule has 0 radical (unpaired) electrons. The molecule has 5 heteroatoms. The van der Waals surface area contributed by atoms with Gasteiger partial charge in [-0.2, -0.15) is 0 Å². The number of thiophene rings is 1. The van der Waals surface area contributed by atoms with Crippen molar-refractivity contribution in [1.29, 1.82) is 0 Å². The Morgan fingerprint density at radius 3 is 2.70 bits per heavy atom. The molecule has 0 unspecified atom stereocenters. The summed E-state index contributed by atoms with van der Waals surface area (Å²) in [5.74, 6) is 1.46. The molecule has 0 fully saturated rings. The fourth-order valence-electron chi connectivity index (χ4n) is 1.98. The van der Waals surface area contributed by atoms with Gasteiger partial charge in [0.2, 0.25) is 0 Å². The van der Waals surface area contributed by atoms with Gasteiger partial charge in [-0.3, -0.25) is 0 Å². The first kappa shape index (κ1) is 13.0. The highest BCUT2D eigenvalue weighted by Crippen LogP contribution is 2.25. The molecule has 0 atom stereocenters. The second kappa shape index (κ2) is 5.54. The number of benzene rings is 1. The number of hydrogen-bond acceptors (Lipinski definition) is 4. The summed E-state index contributed by atoms with van der Waals surface area (Å²) in [5.41, 5.74) is 1.02. The molecule has 3 rings (SSSR count). The van der Waals surface area contributed by atoms with E-state index in [0.717, 1.165) is 33.8 Å². The van der Waals surface area contributed by atoms with Gasteiger partial charge in [-0.15, -0.1) is 11.3 Å². The minimum absolute atomic E-state index is 0.218. The first-order valence-electron chi connectivity index (χ1n) is 6.48. The van der Waals surface area contributed by atoms with Crippen molar-refractivity contribution in [2.24, 2.45) is 0 Å². The van der Waals surface area contributed by atoms with Gasteiger partial charge in [-0.25, -0.2) is 14.4 Å². The number of aromatic nitrogens is 2. The molecular weight excluding hydrogens is 273 g/mol. The smallest absolute Gasteiger partial charge is 0.138 e. The summed E-state index contributed by atoms with van der Waals surface area (Å²) in [6.07, 6.45) is 0.805. The van der Waals surface area contributed by atoms with Crippen LogP contribution >= 0.6 is 11.3 Å². The van der Waals surface area contributed by atoms with E-state index in [4.69, 9.17) is 0 Å². The number of nitrogens with one attached hydrogen (secondary N) is 1. The molecule has 0 bridgehead atoms. The molecule has 0 saturated carbocycles. The normalized spacial score (nSPS) is 10.9. The van der Waals surface area contributed by atoms with E-state index < -0.39 is 0 Å². The summed E-state index contributed by atoms with van der Waals surface area (Å²) in [7, 11) is 0. The van der Waals surface area contributed by atoms with Gasteiger partial charge in [0, 0.05) is 13.0 Å². The van der Waals surface area contributed by atoms with Gasteiger partial charge < -0.3 is 5.32 Å². The van der Waals surface area contributed by atoms with E-state index in [1.165, 1.54) is 12.1 Å². The molecule has 2 heterocycles. The van der Waals surface area contributed by atoms with Crippen LogP contribution < -0.4 is 5.32 Å². The van der Waals surface area contributed by atoms with Gasteiger partial charge in [0.1, 0.15) is 22.3 Å². The quantitative estimate of drug-likeness (QED) is 0.788. The Morgan fingerprint density at radius 2 is 1.95 bits per heavy atom. The lowest BCUT2D eigenvalue weighted by molar-refractivity contribution is 0.627. The number of fused-ring (bicyclic) bond motifs is 1. The maximum absolute atomic E-state index is 12.9. The maximum atomic E-state index is 12.9. The average Bonchev–Trinajstić information content (AvgIpc) is 2.94. The van der Waals surface area contributed by atoms with E-state index in [1.807, 2.05) is 18.4 Å². The first-order valence-corrected chi connectivity index (χ1v) is 7.36. The van der Waals surface area contributed by atoms with Crippen LogP contribution in [0.1, 0.15) is 18.3 Å². The predicted molar refractivity (Wildman–Crippen MR) is 80.5 cm³/mol. The van der Waals surface area contributed by atoms with Crippen LogP contribution in [0.4, 0.5) is 10.2 Å². The van der Waals surface area contributed by atoms with Crippen LogP contribution in [0.25, 0.3) is 10.2 Å². The molecule has 0 aliphatic carbocycles. The summed E-state index contributed by atoms with van der Waals surface area (Å²) >= 11 is 1.61. The number of halogens is 1. The Labute approximate surface area is 120 Å². The van der Waals surface area contributed by atoms with Crippen molar-refractivity contribution >= 4 is 27.4 Å². The van der Waals surface area contributed by atoms with Crippen LogP contribution in [-0.4, -0.2) is 9.97 Å². The number of hydrogen-bond donors (Lipinski definition) is 1. The van der Waals surface area contributed by atoms with Crippen LogP contribution in [0.15, 0.2) is 35.7 Å². The number of anilines is 1. The van der Waals surface area contributed by atoms with Gasteiger partial charge in [0.05, 0.1) is 5.39 Å². The molecule has 3 aromatic rings. The van der Waals surface area contributed by atoms with E-state index in [9.17, 15) is 4.39 Å². The van der Waals surface area contributed by atoms with E-state index in [1.54, 1.807) is 23.5 Å². The molecule has 3 nitrogen and oxygen atoms in total. The number of rotatable bonds is 4. The first-order chi connectivity index (χ1) is 9.76. The molecule has 20 heavy (non-hydrogen) atoms. The fourth-order valence-corrected chi connectivity index (χ4v) is 2.76. The van der Waals surface area contributed by atoms with Gasteiger partial charge >= 0.3 is 0 Å². The predicted octanol–water partition coefficient (Wildman–Crippen LogP) is 4.00. The van der Waals surface area contributed by atoms with Crippen LogP contribution in [-0.2, 0) is 13.0 Å². The molecule has 0 saturated heterocycles. The van der Waals surface area contributed by atoms with Gasteiger partial charge in [-0.05, 0) is 29.1 Å². The summed E-state index contributed by atoms with van der Waals surface area (Å²) in [6.45, 7) is 2.66. The molecule has 102 valence electrons. The second-order valence-corrected chi connectivity index (χ2v) is 5.36. The lowest BCUT2D eigenvalue weighted by atomic mass is 10.2. The summed E-state index contributed by atoms with van der Waals surface area (Å²) in [4.78, 5) is 10.0. The maximum Gasteiger partial charge on any atom is 0.138 e. The van der Waals surface area contributed by atoms with Crippen molar-refractivity contribution in [1.82, 2.24) is 9.97 Å². The van der Waals surface area contributed by atoms with Crippen molar-refractivity contribution in [2.45, 2.75) is 19.9 Å². The zero-order chi connectivity index (χ0) is 13.9. The Bertz CT molecular complexity index is 722. The Hall–Kier alpha value is -2.01. The monoisotopic (exact) mass is 287 g/mol. The minimum Gasteiger partial charge on any atom is -0.365 e. The van der Waals surface area contributed by atoms with Crippen molar-refractivity contribution in [3.05, 3.63) is 52.9 Å². The van der Waals surface area contributed by atoms with E-state index in [0.29, 0.717) is 6.54 Å². The third-order valence-electron chi connectivity index (χ3n) is 3.06. The fraction of sp³-hybridized carbons (Fsp3) is 0.200. The lowest BCUT2D eigenvalue weighted by Crippen LogP contribution is -2.04. The topological polar surface area (TPSA) is 37.8 Å². The SMILES string of the molecule is CCc1nc(NCc2ccc(F)cc2)c2ccsc2n1. The zero-order valence-electron chi connectivity index (χ0n) is 11.1. The van der Waals surface area contributed by atoms with Crippen molar-refractivity contribution in [3.8, 4) is 0 Å². The third-order valence-corrected chi connectivity index (χ3v) is 3.87. The van der Waals surface area contributed by atoms with Crippen LogP contribution in [0.5, 0.6) is 0 Å². The van der Waals surface area contributed by atoms with E-state index in [2.05, 4.69) is 15.3 Å². The van der Waals surface area contributed by atoms with Crippen LogP contribution in [0.3, 0.4) is 0 Å². The van der Waals surface area contributed by atoms with Crippen molar-refractivity contribution in [2.75, 3.05) is 5.32 Å².